The number of rotatable bonds is 3. The fourth-order valence-electron chi connectivity index (χ4n) is 1.06. The predicted molar refractivity (Wildman–Crippen MR) is 47.7 cm³/mol. The molecule has 0 amide bonds. The number of ether oxygens (including phenoxy) is 1. The molecule has 1 rings (SSSR count). The molecule has 1 aliphatic carbocycles. The SMILES string of the molecule is CC(C)[C@H](C)OC(=O)C1CCC1. The van der Waals surface area contributed by atoms with Crippen LogP contribution in [0.1, 0.15) is 40.0 Å². The summed E-state index contributed by atoms with van der Waals surface area (Å²) in [6.45, 7) is 6.10. The lowest BCUT2D eigenvalue weighted by atomic mass is 9.85. The maximum Gasteiger partial charge on any atom is 0.309 e. The molecule has 0 spiro atoms. The van der Waals surface area contributed by atoms with Gasteiger partial charge < -0.3 is 4.74 Å². The van der Waals surface area contributed by atoms with E-state index in [4.69, 9.17) is 4.74 Å². The minimum atomic E-state index is 0.0162. The summed E-state index contributed by atoms with van der Waals surface area (Å²) in [6.07, 6.45) is 3.32. The third kappa shape index (κ3) is 2.23. The largest absolute Gasteiger partial charge is 0.462 e. The highest BCUT2D eigenvalue weighted by atomic mass is 16.5. The van der Waals surface area contributed by atoms with Crippen molar-refractivity contribution >= 4 is 5.97 Å². The van der Waals surface area contributed by atoms with E-state index in [0.29, 0.717) is 5.92 Å². The Labute approximate surface area is 74.3 Å². The second-order valence-corrected chi connectivity index (χ2v) is 4.01. The van der Waals surface area contributed by atoms with Gasteiger partial charge in [-0.25, -0.2) is 0 Å². The zero-order chi connectivity index (χ0) is 9.14. The van der Waals surface area contributed by atoms with E-state index in [1.165, 1.54) is 6.42 Å². The Morgan fingerprint density at radius 2 is 1.92 bits per heavy atom. The lowest BCUT2D eigenvalue weighted by Gasteiger charge is -2.26. The lowest BCUT2D eigenvalue weighted by molar-refractivity contribution is -0.158. The highest BCUT2D eigenvalue weighted by Gasteiger charge is 2.28. The average Bonchev–Trinajstić information content (AvgIpc) is 1.82. The Bertz CT molecular complexity index is 159. The molecule has 0 N–H and O–H groups in total. The molecule has 1 aliphatic rings. The van der Waals surface area contributed by atoms with Crippen molar-refractivity contribution in [3.63, 3.8) is 0 Å². The molecule has 1 atom stereocenters. The summed E-state index contributed by atoms with van der Waals surface area (Å²) in [7, 11) is 0. The first-order chi connectivity index (χ1) is 5.61. The van der Waals surface area contributed by atoms with Gasteiger partial charge in [0.2, 0.25) is 0 Å². The van der Waals surface area contributed by atoms with Crippen molar-refractivity contribution in [3.05, 3.63) is 0 Å². The smallest absolute Gasteiger partial charge is 0.309 e. The van der Waals surface area contributed by atoms with Gasteiger partial charge in [0.05, 0.1) is 5.92 Å². The van der Waals surface area contributed by atoms with Gasteiger partial charge in [-0.2, -0.15) is 0 Å². The maximum absolute atomic E-state index is 11.3. The van der Waals surface area contributed by atoms with Crippen LogP contribution in [0, 0.1) is 11.8 Å². The Morgan fingerprint density at radius 1 is 1.33 bits per heavy atom. The van der Waals surface area contributed by atoms with E-state index in [1.54, 1.807) is 0 Å². The van der Waals surface area contributed by atoms with Crippen LogP contribution in [0.15, 0.2) is 0 Å². The third-order valence-corrected chi connectivity index (χ3v) is 2.68. The minimum absolute atomic E-state index is 0.0162. The first-order valence-corrected chi connectivity index (χ1v) is 4.81. The van der Waals surface area contributed by atoms with Crippen LogP contribution in [0.5, 0.6) is 0 Å². The number of carbonyl (C=O) groups is 1. The van der Waals surface area contributed by atoms with E-state index in [-0.39, 0.29) is 18.0 Å². The molecule has 0 unspecified atom stereocenters. The van der Waals surface area contributed by atoms with E-state index in [9.17, 15) is 4.79 Å². The van der Waals surface area contributed by atoms with Gasteiger partial charge in [0.25, 0.3) is 0 Å². The van der Waals surface area contributed by atoms with Crippen molar-refractivity contribution in [1.82, 2.24) is 0 Å². The highest BCUT2D eigenvalue weighted by molar-refractivity contribution is 5.73. The van der Waals surface area contributed by atoms with E-state index in [1.807, 2.05) is 6.92 Å². The van der Waals surface area contributed by atoms with E-state index in [2.05, 4.69) is 13.8 Å². The molecule has 0 aromatic carbocycles. The number of hydrogen-bond donors (Lipinski definition) is 0. The van der Waals surface area contributed by atoms with Crippen molar-refractivity contribution in [2.45, 2.75) is 46.1 Å². The molecule has 1 saturated carbocycles. The van der Waals surface area contributed by atoms with Crippen LogP contribution in [0.3, 0.4) is 0 Å². The quantitative estimate of drug-likeness (QED) is 0.608. The normalized spacial score (nSPS) is 20.3. The standard InChI is InChI=1S/C10H18O2/c1-7(2)8(3)12-10(11)9-5-4-6-9/h7-9H,4-6H2,1-3H3/t8-/m0/s1. The van der Waals surface area contributed by atoms with E-state index >= 15 is 0 Å². The van der Waals surface area contributed by atoms with Gasteiger partial charge >= 0.3 is 5.97 Å². The molecule has 0 aliphatic heterocycles. The van der Waals surface area contributed by atoms with Gasteiger partial charge in [0, 0.05) is 0 Å². The fraction of sp³-hybridized carbons (Fsp3) is 0.900. The zero-order valence-corrected chi connectivity index (χ0v) is 8.17. The van der Waals surface area contributed by atoms with Crippen molar-refractivity contribution < 1.29 is 9.53 Å². The Morgan fingerprint density at radius 3 is 2.25 bits per heavy atom. The van der Waals surface area contributed by atoms with E-state index < -0.39 is 0 Å². The molecule has 0 radical (unpaired) electrons. The fourth-order valence-corrected chi connectivity index (χ4v) is 1.06. The van der Waals surface area contributed by atoms with Gasteiger partial charge in [-0.05, 0) is 25.7 Å². The predicted octanol–water partition coefficient (Wildman–Crippen LogP) is 2.37. The van der Waals surface area contributed by atoms with Crippen LogP contribution in [0.25, 0.3) is 0 Å². The number of hydrogen-bond acceptors (Lipinski definition) is 2. The molecule has 70 valence electrons. The Balaban J connectivity index is 2.25. The molecular formula is C10H18O2. The Hall–Kier alpha value is -0.530. The van der Waals surface area contributed by atoms with Crippen LogP contribution in [0.2, 0.25) is 0 Å². The van der Waals surface area contributed by atoms with Gasteiger partial charge in [-0.1, -0.05) is 20.3 Å². The molecule has 0 aromatic rings. The van der Waals surface area contributed by atoms with Gasteiger partial charge in [0.1, 0.15) is 6.10 Å². The maximum atomic E-state index is 11.3. The summed E-state index contributed by atoms with van der Waals surface area (Å²) in [5.41, 5.74) is 0. The van der Waals surface area contributed by atoms with E-state index in [0.717, 1.165) is 12.8 Å². The van der Waals surface area contributed by atoms with Crippen molar-refractivity contribution in [2.24, 2.45) is 11.8 Å². The molecule has 0 aromatic heterocycles. The minimum Gasteiger partial charge on any atom is -0.462 e. The second kappa shape index (κ2) is 3.92. The van der Waals surface area contributed by atoms with Gasteiger partial charge in [0.15, 0.2) is 0 Å². The van der Waals surface area contributed by atoms with Crippen LogP contribution < -0.4 is 0 Å². The van der Waals surface area contributed by atoms with Gasteiger partial charge in [-0.3, -0.25) is 4.79 Å². The molecule has 2 nitrogen and oxygen atoms in total. The average molecular weight is 170 g/mol. The van der Waals surface area contributed by atoms with Crippen molar-refractivity contribution in [2.75, 3.05) is 0 Å². The monoisotopic (exact) mass is 170 g/mol. The van der Waals surface area contributed by atoms with Crippen LogP contribution in [0.4, 0.5) is 0 Å². The lowest BCUT2D eigenvalue weighted by Crippen LogP contribution is -2.29. The number of esters is 1. The topological polar surface area (TPSA) is 26.3 Å². The van der Waals surface area contributed by atoms with Gasteiger partial charge in [-0.15, -0.1) is 0 Å². The van der Waals surface area contributed by atoms with Crippen molar-refractivity contribution in [3.8, 4) is 0 Å². The summed E-state index contributed by atoms with van der Waals surface area (Å²) >= 11 is 0. The summed E-state index contributed by atoms with van der Waals surface area (Å²) in [5, 5.41) is 0. The first kappa shape index (κ1) is 9.56. The Kier molecular flexibility index (Phi) is 3.12. The molecule has 0 saturated heterocycles. The molecule has 12 heavy (non-hydrogen) atoms. The summed E-state index contributed by atoms with van der Waals surface area (Å²) < 4.78 is 5.28. The summed E-state index contributed by atoms with van der Waals surface area (Å²) in [5.74, 6) is 0.655. The first-order valence-electron chi connectivity index (χ1n) is 4.81. The summed E-state index contributed by atoms with van der Waals surface area (Å²) in [4.78, 5) is 11.3. The van der Waals surface area contributed by atoms with Crippen LogP contribution in [-0.4, -0.2) is 12.1 Å². The highest BCUT2D eigenvalue weighted by Crippen LogP contribution is 2.28. The van der Waals surface area contributed by atoms with Crippen molar-refractivity contribution in [1.29, 1.82) is 0 Å². The zero-order valence-electron chi connectivity index (χ0n) is 8.17. The summed E-state index contributed by atoms with van der Waals surface area (Å²) in [6, 6.07) is 0. The second-order valence-electron chi connectivity index (χ2n) is 4.01. The molecule has 0 heterocycles. The molecule has 2 heteroatoms. The molecule has 0 bridgehead atoms. The van der Waals surface area contributed by atoms with Crippen LogP contribution in [-0.2, 0) is 9.53 Å². The molecular weight excluding hydrogens is 152 g/mol. The van der Waals surface area contributed by atoms with Crippen LogP contribution >= 0.6 is 0 Å². The number of carbonyl (C=O) groups excluding carboxylic acids is 1. The molecule has 1 fully saturated rings. The third-order valence-electron chi connectivity index (χ3n) is 2.68.